The number of imidazole rings is 1. The Morgan fingerprint density at radius 2 is 1.13 bits per heavy atom. The van der Waals surface area contributed by atoms with Gasteiger partial charge < -0.3 is 4.42 Å². The number of halogens is 1. The summed E-state index contributed by atoms with van der Waals surface area (Å²) in [6, 6.07) is 48.4. The first-order valence-electron chi connectivity index (χ1n) is 14.9. The summed E-state index contributed by atoms with van der Waals surface area (Å²) in [7, 11) is 0. The molecule has 9 rings (SSSR count). The zero-order valence-electron chi connectivity index (χ0n) is 24.0. The van der Waals surface area contributed by atoms with Crippen LogP contribution in [0.15, 0.2) is 150 Å². The molecular weight excluding hydrogens is 557 g/mol. The molecule has 0 aliphatic carbocycles. The van der Waals surface area contributed by atoms with Crippen molar-refractivity contribution in [2.75, 3.05) is 0 Å². The molecule has 0 amide bonds. The molecule has 4 nitrogen and oxygen atoms in total. The normalized spacial score (nSPS) is 11.7. The Morgan fingerprint density at radius 1 is 0.511 bits per heavy atom. The summed E-state index contributed by atoms with van der Waals surface area (Å²) in [6.45, 7) is 0. The van der Waals surface area contributed by atoms with Crippen LogP contribution in [0.1, 0.15) is 0 Å². The number of furan rings is 1. The van der Waals surface area contributed by atoms with Crippen LogP contribution in [0.4, 0.5) is 4.39 Å². The molecule has 3 aromatic heterocycles. The van der Waals surface area contributed by atoms with Gasteiger partial charge in [-0.05, 0) is 47.5 Å². The summed E-state index contributed by atoms with van der Waals surface area (Å²) in [4.78, 5) is 9.95. The van der Waals surface area contributed by atoms with Crippen LogP contribution in [0.25, 0.3) is 83.3 Å². The molecule has 0 unspecified atom stereocenters. The van der Waals surface area contributed by atoms with E-state index in [4.69, 9.17) is 14.4 Å². The number of nitrogens with zero attached hydrogens (tertiary/aromatic N) is 3. The molecule has 9 aromatic rings. The highest BCUT2D eigenvalue weighted by Crippen LogP contribution is 2.43. The Balaban J connectivity index is 1.40. The average Bonchev–Trinajstić information content (AvgIpc) is 3.66. The van der Waals surface area contributed by atoms with E-state index in [1.807, 2.05) is 54.6 Å². The molecule has 0 bridgehead atoms. The van der Waals surface area contributed by atoms with Gasteiger partial charge in [-0.1, -0.05) is 109 Å². The monoisotopic (exact) mass is 581 g/mol. The number of pyridine rings is 1. The maximum absolute atomic E-state index is 14.8. The number of para-hydroxylation sites is 4. The Labute approximate surface area is 257 Å². The summed E-state index contributed by atoms with van der Waals surface area (Å²) < 4.78 is 23.6. The molecule has 3 heterocycles. The van der Waals surface area contributed by atoms with Crippen molar-refractivity contribution in [3.8, 4) is 39.3 Å². The maximum Gasteiger partial charge on any atom is 0.227 e. The van der Waals surface area contributed by atoms with Crippen LogP contribution >= 0.6 is 0 Å². The van der Waals surface area contributed by atoms with Crippen LogP contribution < -0.4 is 0 Å². The topological polar surface area (TPSA) is 43.9 Å². The van der Waals surface area contributed by atoms with E-state index in [0.717, 1.165) is 61.1 Å². The van der Waals surface area contributed by atoms with Crippen molar-refractivity contribution in [1.29, 1.82) is 0 Å². The Morgan fingerprint density at radius 3 is 1.89 bits per heavy atom. The van der Waals surface area contributed by atoms with Gasteiger partial charge in [0.1, 0.15) is 17.2 Å². The molecule has 0 aliphatic rings. The molecule has 6 aromatic carbocycles. The van der Waals surface area contributed by atoms with Gasteiger partial charge in [-0.15, -0.1) is 0 Å². The fourth-order valence-corrected chi connectivity index (χ4v) is 6.46. The minimum Gasteiger partial charge on any atom is -0.437 e. The standard InChI is InChI=1S/C40H24FN3O/c41-33-20-11-22-34-32(33)24-31-29-18-10-19-30(38(29)45-40(31)43-34)39-42-35-21-7-8-23-36(35)44(39)37-27(25-12-3-1-4-13-25)16-9-17-28(37)26-14-5-2-6-15-26/h1-24H. The van der Waals surface area contributed by atoms with Crippen LogP contribution in [0.3, 0.4) is 0 Å². The van der Waals surface area contributed by atoms with E-state index in [9.17, 15) is 4.39 Å². The van der Waals surface area contributed by atoms with Crippen molar-refractivity contribution in [1.82, 2.24) is 14.5 Å². The zero-order chi connectivity index (χ0) is 29.9. The van der Waals surface area contributed by atoms with Crippen molar-refractivity contribution in [2.45, 2.75) is 0 Å². The second-order valence-corrected chi connectivity index (χ2v) is 11.1. The van der Waals surface area contributed by atoms with Crippen molar-refractivity contribution in [3.05, 3.63) is 151 Å². The number of hydrogen-bond donors (Lipinski definition) is 0. The lowest BCUT2D eigenvalue weighted by Crippen LogP contribution is -2.03. The van der Waals surface area contributed by atoms with Gasteiger partial charge in [0, 0.05) is 27.3 Å². The zero-order valence-corrected chi connectivity index (χ0v) is 24.0. The maximum atomic E-state index is 14.8. The highest BCUT2D eigenvalue weighted by Gasteiger charge is 2.24. The van der Waals surface area contributed by atoms with Crippen LogP contribution in [0.5, 0.6) is 0 Å². The summed E-state index contributed by atoms with van der Waals surface area (Å²) in [5.41, 5.74) is 9.76. The molecule has 0 N–H and O–H groups in total. The van der Waals surface area contributed by atoms with E-state index < -0.39 is 0 Å². The van der Waals surface area contributed by atoms with Gasteiger partial charge in [-0.25, -0.2) is 14.4 Å². The summed E-state index contributed by atoms with van der Waals surface area (Å²) in [6.07, 6.45) is 0. The third-order valence-electron chi connectivity index (χ3n) is 8.51. The molecule has 0 saturated carbocycles. The van der Waals surface area contributed by atoms with Gasteiger partial charge in [0.25, 0.3) is 0 Å². The second kappa shape index (κ2) is 10.00. The van der Waals surface area contributed by atoms with E-state index in [1.54, 1.807) is 12.1 Å². The van der Waals surface area contributed by atoms with E-state index in [0.29, 0.717) is 22.2 Å². The molecule has 45 heavy (non-hydrogen) atoms. The molecule has 5 heteroatoms. The van der Waals surface area contributed by atoms with E-state index in [2.05, 4.69) is 77.4 Å². The predicted molar refractivity (Wildman–Crippen MR) is 180 cm³/mol. The minimum atomic E-state index is -0.305. The first kappa shape index (κ1) is 25.4. The third kappa shape index (κ3) is 3.98. The number of aromatic nitrogens is 3. The molecular formula is C40H24FN3O. The second-order valence-electron chi connectivity index (χ2n) is 11.1. The summed E-state index contributed by atoms with van der Waals surface area (Å²) in [5.74, 6) is 0.442. The van der Waals surface area contributed by atoms with Crippen molar-refractivity contribution < 1.29 is 8.81 Å². The lowest BCUT2D eigenvalue weighted by molar-refractivity contribution is 0.639. The van der Waals surface area contributed by atoms with Crippen molar-refractivity contribution in [3.63, 3.8) is 0 Å². The quantitative estimate of drug-likeness (QED) is 0.208. The fourth-order valence-electron chi connectivity index (χ4n) is 6.46. The van der Waals surface area contributed by atoms with Gasteiger partial charge in [0.05, 0.1) is 27.8 Å². The molecule has 0 saturated heterocycles. The smallest absolute Gasteiger partial charge is 0.227 e. The lowest BCUT2D eigenvalue weighted by Gasteiger charge is -2.19. The van der Waals surface area contributed by atoms with Crippen molar-refractivity contribution in [2.24, 2.45) is 0 Å². The summed E-state index contributed by atoms with van der Waals surface area (Å²) in [5, 5.41) is 2.09. The number of fused-ring (bicyclic) bond motifs is 5. The van der Waals surface area contributed by atoms with Gasteiger partial charge in [-0.2, -0.15) is 0 Å². The van der Waals surface area contributed by atoms with Crippen LogP contribution in [0, 0.1) is 5.82 Å². The van der Waals surface area contributed by atoms with Gasteiger partial charge >= 0.3 is 0 Å². The van der Waals surface area contributed by atoms with Crippen LogP contribution in [-0.4, -0.2) is 14.5 Å². The highest BCUT2D eigenvalue weighted by atomic mass is 19.1. The van der Waals surface area contributed by atoms with E-state index >= 15 is 0 Å². The van der Waals surface area contributed by atoms with Crippen LogP contribution in [-0.2, 0) is 0 Å². The molecule has 0 aliphatic heterocycles. The Bertz CT molecular complexity index is 2490. The molecule has 212 valence electrons. The highest BCUT2D eigenvalue weighted by molar-refractivity contribution is 6.11. The molecule has 0 spiro atoms. The number of benzene rings is 6. The molecule has 0 atom stereocenters. The van der Waals surface area contributed by atoms with Crippen LogP contribution in [0.2, 0.25) is 0 Å². The molecule has 0 radical (unpaired) electrons. The number of hydrogen-bond acceptors (Lipinski definition) is 3. The Kier molecular flexibility index (Phi) is 5.65. The van der Waals surface area contributed by atoms with Gasteiger partial charge in [0.15, 0.2) is 0 Å². The third-order valence-corrected chi connectivity index (χ3v) is 8.51. The van der Waals surface area contributed by atoms with Gasteiger partial charge in [-0.3, -0.25) is 4.57 Å². The summed E-state index contributed by atoms with van der Waals surface area (Å²) >= 11 is 0. The minimum absolute atomic E-state index is 0.305. The first-order chi connectivity index (χ1) is 22.2. The lowest BCUT2D eigenvalue weighted by atomic mass is 9.95. The average molecular weight is 582 g/mol. The number of rotatable bonds is 4. The van der Waals surface area contributed by atoms with Gasteiger partial charge in [0.2, 0.25) is 5.71 Å². The SMILES string of the molecule is Fc1cccc2nc3oc4c(-c5nc6ccccc6n5-c5c(-c6ccccc6)cccc5-c5ccccc5)cccc4c3cc12. The fraction of sp³-hybridized carbons (Fsp3) is 0. The molecule has 0 fully saturated rings. The van der Waals surface area contributed by atoms with E-state index in [-0.39, 0.29) is 5.82 Å². The largest absolute Gasteiger partial charge is 0.437 e. The predicted octanol–water partition coefficient (Wildman–Crippen LogP) is 10.6. The van der Waals surface area contributed by atoms with E-state index in [1.165, 1.54) is 6.07 Å². The van der Waals surface area contributed by atoms with Crippen molar-refractivity contribution >= 4 is 44.0 Å². The first-order valence-corrected chi connectivity index (χ1v) is 14.9. The Hall–Kier alpha value is -6.07.